The molecule has 1 aliphatic rings. The van der Waals surface area contributed by atoms with E-state index in [1.807, 2.05) is 0 Å². The molecule has 0 unspecified atom stereocenters. The van der Waals surface area contributed by atoms with Gasteiger partial charge in [-0.3, -0.25) is 9.78 Å². The van der Waals surface area contributed by atoms with Crippen molar-refractivity contribution >= 4 is 11.7 Å². The van der Waals surface area contributed by atoms with Gasteiger partial charge >= 0.3 is 0 Å². The smallest absolute Gasteiger partial charge is 0.244 e. The van der Waals surface area contributed by atoms with E-state index in [2.05, 4.69) is 20.3 Å². The lowest BCUT2D eigenvalue weighted by Crippen LogP contribution is -2.48. The van der Waals surface area contributed by atoms with E-state index in [9.17, 15) is 13.6 Å². The summed E-state index contributed by atoms with van der Waals surface area (Å²) in [4.78, 5) is 25.1. The van der Waals surface area contributed by atoms with E-state index in [0.717, 1.165) is 12.7 Å². The zero-order chi connectivity index (χ0) is 16.4. The zero-order valence-electron chi connectivity index (χ0n) is 12.5. The van der Waals surface area contributed by atoms with Gasteiger partial charge in [0.1, 0.15) is 23.8 Å². The van der Waals surface area contributed by atoms with Crippen molar-refractivity contribution in [2.24, 2.45) is 0 Å². The Morgan fingerprint density at radius 3 is 2.70 bits per heavy atom. The van der Waals surface area contributed by atoms with Gasteiger partial charge in [0.15, 0.2) is 17.5 Å². The van der Waals surface area contributed by atoms with Gasteiger partial charge < -0.3 is 10.2 Å². The molecule has 1 atom stereocenters. The average Bonchev–Trinajstić information content (AvgIpc) is 2.48. The Bertz CT molecular complexity index is 736. The summed E-state index contributed by atoms with van der Waals surface area (Å²) in [7, 11) is 0. The molecule has 3 rings (SSSR count). The van der Waals surface area contributed by atoms with E-state index in [4.69, 9.17) is 0 Å². The van der Waals surface area contributed by atoms with Crippen LogP contribution in [0.25, 0.3) is 11.4 Å². The summed E-state index contributed by atoms with van der Waals surface area (Å²) in [6.45, 7) is 3.05. The predicted molar refractivity (Wildman–Crippen MR) is 79.5 cm³/mol. The van der Waals surface area contributed by atoms with Gasteiger partial charge in [0.2, 0.25) is 5.91 Å². The van der Waals surface area contributed by atoms with Crippen LogP contribution in [0.1, 0.15) is 13.3 Å². The molecule has 23 heavy (non-hydrogen) atoms. The van der Waals surface area contributed by atoms with Gasteiger partial charge in [-0.1, -0.05) is 0 Å². The van der Waals surface area contributed by atoms with Gasteiger partial charge in [-0.15, -0.1) is 0 Å². The summed E-state index contributed by atoms with van der Waals surface area (Å²) >= 11 is 0. The minimum atomic E-state index is -0.839. The molecule has 2 aromatic heterocycles. The number of rotatable bonds is 4. The fourth-order valence-electron chi connectivity index (χ4n) is 2.27. The van der Waals surface area contributed by atoms with Crippen LogP contribution in [-0.4, -0.2) is 44.9 Å². The van der Waals surface area contributed by atoms with Crippen molar-refractivity contribution in [3.05, 3.63) is 36.3 Å². The van der Waals surface area contributed by atoms with Gasteiger partial charge in [-0.25, -0.2) is 18.7 Å². The fourth-order valence-corrected chi connectivity index (χ4v) is 2.27. The number of nitrogens with zero attached hydrogens (tertiary/aromatic N) is 4. The van der Waals surface area contributed by atoms with Gasteiger partial charge in [0.05, 0.1) is 0 Å². The maximum atomic E-state index is 14.5. The molecule has 0 aromatic carbocycles. The molecule has 0 saturated carbocycles. The van der Waals surface area contributed by atoms with Crippen molar-refractivity contribution in [3.8, 4) is 11.4 Å². The lowest BCUT2D eigenvalue weighted by atomic mass is 10.1. The van der Waals surface area contributed by atoms with Crippen molar-refractivity contribution in [1.82, 2.24) is 19.9 Å². The van der Waals surface area contributed by atoms with Gasteiger partial charge in [0.25, 0.3) is 0 Å². The Balaban J connectivity index is 1.85. The number of carbonyl (C=O) groups is 1. The van der Waals surface area contributed by atoms with Crippen molar-refractivity contribution in [2.75, 3.05) is 18.4 Å². The zero-order valence-corrected chi connectivity index (χ0v) is 12.5. The van der Waals surface area contributed by atoms with E-state index in [1.54, 1.807) is 11.8 Å². The summed E-state index contributed by atoms with van der Waals surface area (Å²) in [6, 6.07) is 1.94. The SMILES string of the molecule is C[C@@H](Nc1ncnc(-c2ncccc2F)c1F)C(=O)N1CCC1. The number of aromatic nitrogens is 3. The molecule has 1 aliphatic heterocycles. The normalized spacial score (nSPS) is 15.0. The Morgan fingerprint density at radius 1 is 1.26 bits per heavy atom. The molecule has 0 aliphatic carbocycles. The molecule has 1 amide bonds. The van der Waals surface area contributed by atoms with Crippen molar-refractivity contribution in [3.63, 3.8) is 0 Å². The van der Waals surface area contributed by atoms with Crippen LogP contribution in [0.15, 0.2) is 24.7 Å². The van der Waals surface area contributed by atoms with Crippen LogP contribution in [0.5, 0.6) is 0 Å². The van der Waals surface area contributed by atoms with E-state index < -0.39 is 17.7 Å². The number of likely N-dealkylation sites (tertiary alicyclic amines) is 1. The third kappa shape index (κ3) is 2.96. The number of carbonyl (C=O) groups excluding carboxylic acids is 1. The molecule has 120 valence electrons. The number of nitrogens with one attached hydrogen (secondary N) is 1. The minimum Gasteiger partial charge on any atom is -0.356 e. The van der Waals surface area contributed by atoms with Gasteiger partial charge in [0, 0.05) is 19.3 Å². The molecular weight excluding hydrogens is 304 g/mol. The van der Waals surface area contributed by atoms with Crippen molar-refractivity contribution in [2.45, 2.75) is 19.4 Å². The van der Waals surface area contributed by atoms with E-state index in [0.29, 0.717) is 13.1 Å². The second-order valence-electron chi connectivity index (χ2n) is 5.26. The Hall–Kier alpha value is -2.64. The lowest BCUT2D eigenvalue weighted by molar-refractivity contribution is -0.135. The summed E-state index contributed by atoms with van der Waals surface area (Å²) in [5.74, 6) is -1.80. The Labute approximate surface area is 131 Å². The summed E-state index contributed by atoms with van der Waals surface area (Å²) in [5, 5.41) is 2.72. The fraction of sp³-hybridized carbons (Fsp3) is 0.333. The molecule has 0 bridgehead atoms. The molecule has 1 saturated heterocycles. The maximum Gasteiger partial charge on any atom is 0.244 e. The number of hydrogen-bond donors (Lipinski definition) is 1. The molecule has 8 heteroatoms. The van der Waals surface area contributed by atoms with Crippen LogP contribution in [0, 0.1) is 11.6 Å². The first-order valence-electron chi connectivity index (χ1n) is 7.24. The third-order valence-electron chi connectivity index (χ3n) is 3.66. The van der Waals surface area contributed by atoms with E-state index >= 15 is 0 Å². The number of amides is 1. The molecule has 2 aromatic rings. The largest absolute Gasteiger partial charge is 0.356 e. The summed E-state index contributed by atoms with van der Waals surface area (Å²) in [6.07, 6.45) is 3.43. The molecule has 1 N–H and O–H groups in total. The maximum absolute atomic E-state index is 14.5. The second kappa shape index (κ2) is 6.23. The van der Waals surface area contributed by atoms with Crippen molar-refractivity contribution in [1.29, 1.82) is 0 Å². The standard InChI is InChI=1S/C15H15F2N5O/c1-9(15(23)22-6-3-7-22)21-14-11(17)13(19-8-20-14)12-10(16)4-2-5-18-12/h2,4-5,8-9H,3,6-7H2,1H3,(H,19,20,21)/t9-/m1/s1. The van der Waals surface area contributed by atoms with E-state index in [-0.39, 0.29) is 23.1 Å². The monoisotopic (exact) mass is 319 g/mol. The lowest BCUT2D eigenvalue weighted by Gasteiger charge is -2.33. The summed E-state index contributed by atoms with van der Waals surface area (Å²) < 4.78 is 28.3. The highest BCUT2D eigenvalue weighted by Crippen LogP contribution is 2.24. The minimum absolute atomic E-state index is 0.125. The van der Waals surface area contributed by atoms with Crippen LogP contribution >= 0.6 is 0 Å². The number of pyridine rings is 1. The van der Waals surface area contributed by atoms with Crippen molar-refractivity contribution < 1.29 is 13.6 Å². The molecular formula is C15H15F2N5O. The summed E-state index contributed by atoms with van der Waals surface area (Å²) in [5.41, 5.74) is -0.443. The van der Waals surface area contributed by atoms with Gasteiger partial charge in [-0.05, 0) is 25.5 Å². The van der Waals surface area contributed by atoms with Crippen LogP contribution < -0.4 is 5.32 Å². The third-order valence-corrected chi connectivity index (χ3v) is 3.66. The average molecular weight is 319 g/mol. The van der Waals surface area contributed by atoms with Gasteiger partial charge in [-0.2, -0.15) is 0 Å². The van der Waals surface area contributed by atoms with E-state index in [1.165, 1.54) is 18.3 Å². The highest BCUT2D eigenvalue weighted by atomic mass is 19.1. The van der Waals surface area contributed by atoms with Crippen LogP contribution in [0.3, 0.4) is 0 Å². The van der Waals surface area contributed by atoms with Crippen LogP contribution in [0.4, 0.5) is 14.6 Å². The number of halogens is 2. The topological polar surface area (TPSA) is 71.0 Å². The predicted octanol–water partition coefficient (Wildman–Crippen LogP) is 1.85. The molecule has 6 nitrogen and oxygen atoms in total. The molecule has 0 spiro atoms. The first-order chi connectivity index (χ1) is 11.1. The molecule has 3 heterocycles. The first-order valence-corrected chi connectivity index (χ1v) is 7.24. The van der Waals surface area contributed by atoms with Crippen LogP contribution in [0.2, 0.25) is 0 Å². The highest BCUT2D eigenvalue weighted by Gasteiger charge is 2.26. The molecule has 0 radical (unpaired) electrons. The number of anilines is 1. The second-order valence-corrected chi connectivity index (χ2v) is 5.26. The quantitative estimate of drug-likeness (QED) is 0.931. The Morgan fingerprint density at radius 2 is 2.04 bits per heavy atom. The molecule has 1 fully saturated rings. The highest BCUT2D eigenvalue weighted by molar-refractivity contribution is 5.84. The first kappa shape index (κ1) is 15.3. The Kier molecular flexibility index (Phi) is 4.14. The van der Waals surface area contributed by atoms with Crippen LogP contribution in [-0.2, 0) is 4.79 Å². The number of hydrogen-bond acceptors (Lipinski definition) is 5.